The first-order valence-electron chi connectivity index (χ1n) is 9.55. The molecule has 0 fully saturated rings. The van der Waals surface area contributed by atoms with Gasteiger partial charge in [0, 0.05) is 51.2 Å². The second-order valence-electron chi connectivity index (χ2n) is 6.47. The number of hydrogen-bond donors (Lipinski definition) is 4. The van der Waals surface area contributed by atoms with Gasteiger partial charge in [0.1, 0.15) is 0 Å². The quantitative estimate of drug-likeness (QED) is 0.398. The first kappa shape index (κ1) is 23.1. The second-order valence-corrected chi connectivity index (χ2v) is 6.47. The summed E-state index contributed by atoms with van der Waals surface area (Å²) < 4.78 is 0. The van der Waals surface area contributed by atoms with Crippen molar-refractivity contribution in [2.24, 2.45) is 0 Å². The molecule has 8 heteroatoms. The predicted molar refractivity (Wildman–Crippen MR) is 107 cm³/mol. The molecule has 1 aromatic carbocycles. The lowest BCUT2D eigenvalue weighted by atomic mass is 10.1. The molecule has 0 unspecified atom stereocenters. The van der Waals surface area contributed by atoms with E-state index in [1.54, 1.807) is 24.3 Å². The summed E-state index contributed by atoms with van der Waals surface area (Å²) in [4.78, 5) is 45.6. The smallest absolute Gasteiger partial charge is 0.251 e. The topological polar surface area (TPSA) is 116 Å². The van der Waals surface area contributed by atoms with Crippen LogP contribution in [0, 0.1) is 0 Å². The van der Waals surface area contributed by atoms with E-state index in [0.29, 0.717) is 37.3 Å². The van der Waals surface area contributed by atoms with Crippen LogP contribution < -0.4 is 21.3 Å². The van der Waals surface area contributed by atoms with E-state index in [-0.39, 0.29) is 23.6 Å². The maximum absolute atomic E-state index is 12.1. The third-order valence-corrected chi connectivity index (χ3v) is 3.94. The van der Waals surface area contributed by atoms with Crippen molar-refractivity contribution in [1.82, 2.24) is 21.3 Å². The molecule has 0 aliphatic rings. The van der Waals surface area contributed by atoms with Crippen molar-refractivity contribution in [2.45, 2.75) is 39.5 Å². The zero-order valence-corrected chi connectivity index (χ0v) is 16.6. The highest BCUT2D eigenvalue weighted by Gasteiger charge is 2.08. The van der Waals surface area contributed by atoms with Gasteiger partial charge in [0.2, 0.25) is 11.8 Å². The Balaban J connectivity index is 2.25. The van der Waals surface area contributed by atoms with Crippen molar-refractivity contribution in [3.63, 3.8) is 0 Å². The van der Waals surface area contributed by atoms with Crippen LogP contribution in [-0.4, -0.2) is 49.8 Å². The number of carbonyl (C=O) groups excluding carboxylic acids is 4. The van der Waals surface area contributed by atoms with Crippen LogP contribution in [0.25, 0.3) is 0 Å². The number of nitrogens with one attached hydrogen (secondary N) is 4. The summed E-state index contributed by atoms with van der Waals surface area (Å²) in [6.07, 6.45) is 3.14. The molecule has 0 spiro atoms. The molecule has 0 bridgehead atoms. The molecule has 4 N–H and O–H groups in total. The zero-order valence-electron chi connectivity index (χ0n) is 16.6. The Morgan fingerprint density at radius 3 is 1.14 bits per heavy atom. The highest BCUT2D eigenvalue weighted by Crippen LogP contribution is 2.05. The SMILES string of the molecule is CC(=O)NCCCCNC(=O)c1ccc(C(=O)NCCCCNC(C)=O)cc1. The summed E-state index contributed by atoms with van der Waals surface area (Å²) in [7, 11) is 0. The first-order valence-corrected chi connectivity index (χ1v) is 9.55. The molecule has 0 atom stereocenters. The van der Waals surface area contributed by atoms with Gasteiger partial charge in [-0.3, -0.25) is 19.2 Å². The van der Waals surface area contributed by atoms with Gasteiger partial charge in [-0.1, -0.05) is 0 Å². The van der Waals surface area contributed by atoms with E-state index in [4.69, 9.17) is 0 Å². The highest BCUT2D eigenvalue weighted by molar-refractivity contribution is 5.97. The van der Waals surface area contributed by atoms with Crippen molar-refractivity contribution >= 4 is 23.6 Å². The third kappa shape index (κ3) is 10.3. The van der Waals surface area contributed by atoms with E-state index in [1.165, 1.54) is 13.8 Å². The largest absolute Gasteiger partial charge is 0.356 e. The van der Waals surface area contributed by atoms with Crippen molar-refractivity contribution < 1.29 is 19.2 Å². The lowest BCUT2D eigenvalue weighted by Crippen LogP contribution is -2.27. The summed E-state index contributed by atoms with van der Waals surface area (Å²) in [6, 6.07) is 6.49. The maximum atomic E-state index is 12.1. The molecule has 0 aliphatic heterocycles. The van der Waals surface area contributed by atoms with Crippen LogP contribution >= 0.6 is 0 Å². The van der Waals surface area contributed by atoms with Crippen LogP contribution in [0.4, 0.5) is 0 Å². The van der Waals surface area contributed by atoms with E-state index in [1.807, 2.05) is 0 Å². The second kappa shape index (κ2) is 13.3. The monoisotopic (exact) mass is 390 g/mol. The zero-order chi connectivity index (χ0) is 20.8. The molecular formula is C20H30N4O4. The Labute approximate surface area is 165 Å². The number of hydrogen-bond acceptors (Lipinski definition) is 4. The molecule has 0 heterocycles. The molecule has 154 valence electrons. The Bertz CT molecular complexity index is 602. The van der Waals surface area contributed by atoms with E-state index in [0.717, 1.165) is 25.7 Å². The fraction of sp³-hybridized carbons (Fsp3) is 0.500. The van der Waals surface area contributed by atoms with Gasteiger partial charge in [-0.25, -0.2) is 0 Å². The molecular weight excluding hydrogens is 360 g/mol. The molecule has 28 heavy (non-hydrogen) atoms. The molecule has 8 nitrogen and oxygen atoms in total. The van der Waals surface area contributed by atoms with Gasteiger partial charge in [0.25, 0.3) is 11.8 Å². The summed E-state index contributed by atoms with van der Waals surface area (Å²) >= 11 is 0. The molecule has 0 aromatic heterocycles. The van der Waals surface area contributed by atoms with Crippen LogP contribution in [0.1, 0.15) is 60.2 Å². The first-order chi connectivity index (χ1) is 13.4. The van der Waals surface area contributed by atoms with Crippen LogP contribution in [0.15, 0.2) is 24.3 Å². The van der Waals surface area contributed by atoms with Crippen LogP contribution in [-0.2, 0) is 9.59 Å². The normalized spacial score (nSPS) is 10.1. The van der Waals surface area contributed by atoms with Crippen LogP contribution in [0.3, 0.4) is 0 Å². The number of benzene rings is 1. The van der Waals surface area contributed by atoms with Gasteiger partial charge in [0.05, 0.1) is 0 Å². The number of unbranched alkanes of at least 4 members (excludes halogenated alkanes) is 2. The molecule has 0 saturated heterocycles. The fourth-order valence-corrected chi connectivity index (χ4v) is 2.41. The summed E-state index contributed by atoms with van der Waals surface area (Å²) in [5, 5.41) is 11.0. The van der Waals surface area contributed by atoms with E-state index < -0.39 is 0 Å². The predicted octanol–water partition coefficient (Wildman–Crippen LogP) is 0.979. The van der Waals surface area contributed by atoms with Crippen molar-refractivity contribution in [1.29, 1.82) is 0 Å². The molecule has 1 rings (SSSR count). The van der Waals surface area contributed by atoms with Gasteiger partial charge >= 0.3 is 0 Å². The molecule has 0 radical (unpaired) electrons. The lowest BCUT2D eigenvalue weighted by molar-refractivity contribution is -0.119. The van der Waals surface area contributed by atoms with Gasteiger partial charge in [0.15, 0.2) is 0 Å². The number of amides is 4. The van der Waals surface area contributed by atoms with Crippen molar-refractivity contribution in [3.8, 4) is 0 Å². The van der Waals surface area contributed by atoms with E-state index in [2.05, 4.69) is 21.3 Å². The summed E-state index contributed by atoms with van der Waals surface area (Å²) in [6.45, 7) is 5.20. The van der Waals surface area contributed by atoms with Gasteiger partial charge in [-0.05, 0) is 49.9 Å². The van der Waals surface area contributed by atoms with E-state index >= 15 is 0 Å². The molecule has 0 saturated carbocycles. The number of carbonyl (C=O) groups is 4. The average Bonchev–Trinajstić information content (AvgIpc) is 2.66. The fourth-order valence-electron chi connectivity index (χ4n) is 2.41. The van der Waals surface area contributed by atoms with Crippen LogP contribution in [0.5, 0.6) is 0 Å². The molecule has 0 aliphatic carbocycles. The highest BCUT2D eigenvalue weighted by atomic mass is 16.2. The summed E-state index contributed by atoms with van der Waals surface area (Å²) in [5.74, 6) is -0.495. The molecule has 1 aromatic rings. The van der Waals surface area contributed by atoms with Crippen LogP contribution in [0.2, 0.25) is 0 Å². The van der Waals surface area contributed by atoms with Gasteiger partial charge < -0.3 is 21.3 Å². The van der Waals surface area contributed by atoms with Gasteiger partial charge in [-0.2, -0.15) is 0 Å². The van der Waals surface area contributed by atoms with Gasteiger partial charge in [-0.15, -0.1) is 0 Å². The Morgan fingerprint density at radius 2 is 0.857 bits per heavy atom. The minimum atomic E-state index is -0.190. The average molecular weight is 390 g/mol. The molecule has 4 amide bonds. The Kier molecular flexibility index (Phi) is 11.0. The minimum absolute atomic E-state index is 0.0573. The van der Waals surface area contributed by atoms with Crippen molar-refractivity contribution in [3.05, 3.63) is 35.4 Å². The Hall–Kier alpha value is -2.90. The minimum Gasteiger partial charge on any atom is -0.356 e. The van der Waals surface area contributed by atoms with E-state index in [9.17, 15) is 19.2 Å². The lowest BCUT2D eigenvalue weighted by Gasteiger charge is -2.08. The third-order valence-electron chi connectivity index (χ3n) is 3.94. The summed E-state index contributed by atoms with van der Waals surface area (Å²) in [5.41, 5.74) is 0.988. The van der Waals surface area contributed by atoms with Crippen molar-refractivity contribution in [2.75, 3.05) is 26.2 Å². The number of rotatable bonds is 12. The standard InChI is InChI=1S/C20H30N4O4/c1-15(25)21-11-3-5-13-23-19(27)17-7-9-18(10-8-17)20(28)24-14-6-4-12-22-16(2)26/h7-10H,3-6,11-14H2,1-2H3,(H,21,25)(H,22,26)(H,23,27)(H,24,28). The maximum Gasteiger partial charge on any atom is 0.251 e. The Morgan fingerprint density at radius 1 is 0.571 bits per heavy atom.